The first-order chi connectivity index (χ1) is 17.5. The van der Waals surface area contributed by atoms with Gasteiger partial charge in [0.05, 0.1) is 13.1 Å². The van der Waals surface area contributed by atoms with E-state index in [1.54, 1.807) is 26.9 Å². The molecular formula is C26H32ClN5O3S. The number of aryl methyl sites for hydroxylation is 1. The Balaban J connectivity index is 1.51. The lowest BCUT2D eigenvalue weighted by Gasteiger charge is -2.54. The molecule has 8 nitrogen and oxygen atoms in total. The lowest BCUT2D eigenvalue weighted by atomic mass is 10.0. The van der Waals surface area contributed by atoms with Crippen LogP contribution in [0.5, 0.6) is 0 Å². The van der Waals surface area contributed by atoms with Crippen LogP contribution in [-0.2, 0) is 22.6 Å². The molecule has 2 aliphatic rings. The molecule has 2 aromatic carbocycles. The minimum absolute atomic E-state index is 0.0288. The average Bonchev–Trinajstić information content (AvgIpc) is 2.88. The van der Waals surface area contributed by atoms with Gasteiger partial charge in [-0.15, -0.1) is 0 Å². The molecule has 192 valence electrons. The summed E-state index contributed by atoms with van der Waals surface area (Å²) in [6.45, 7) is 1.23. The number of rotatable bonds is 9. The van der Waals surface area contributed by atoms with Crippen LogP contribution in [0.1, 0.15) is 24.0 Å². The van der Waals surface area contributed by atoms with Crippen molar-refractivity contribution in [3.8, 4) is 0 Å². The van der Waals surface area contributed by atoms with Gasteiger partial charge in [-0.2, -0.15) is 0 Å². The van der Waals surface area contributed by atoms with E-state index in [1.165, 1.54) is 5.56 Å². The average molecular weight is 530 g/mol. The van der Waals surface area contributed by atoms with E-state index in [4.69, 9.17) is 10.7 Å². The molecule has 2 atom stereocenters. The topological polar surface area (TPSA) is 76.2 Å². The number of hydrogen-bond donors (Lipinski definition) is 1. The van der Waals surface area contributed by atoms with Crippen LogP contribution in [0.3, 0.4) is 0 Å². The Labute approximate surface area is 221 Å². The lowest BCUT2D eigenvalue weighted by molar-refractivity contribution is -0.187. The van der Waals surface area contributed by atoms with Gasteiger partial charge in [-0.3, -0.25) is 9.59 Å². The number of halogens is 1. The van der Waals surface area contributed by atoms with Crippen LogP contribution in [0, 0.1) is 0 Å². The van der Waals surface area contributed by atoms with Crippen molar-refractivity contribution in [3.63, 3.8) is 0 Å². The third-order valence-electron chi connectivity index (χ3n) is 6.64. The second kappa shape index (κ2) is 12.5. The van der Waals surface area contributed by atoms with Crippen molar-refractivity contribution in [2.75, 3.05) is 32.4 Å². The van der Waals surface area contributed by atoms with E-state index >= 15 is 0 Å². The maximum atomic E-state index is 13.5. The molecule has 2 aromatic rings. The van der Waals surface area contributed by atoms with Crippen molar-refractivity contribution in [1.82, 2.24) is 25.1 Å². The van der Waals surface area contributed by atoms with E-state index in [-0.39, 0.29) is 30.9 Å². The largest absolute Gasteiger partial charge is 0.337 e. The number of hydrogen-bond acceptors (Lipinski definition) is 5. The fourth-order valence-corrected chi connectivity index (χ4v) is 5.49. The maximum Gasteiger partial charge on any atom is 0.334 e. The SMILES string of the molecule is CN1CC(=O)N2[C@@H](CCSCl)C(=O)N(CCCc3ccccc3)C[C@@H]2N1C(=O)NCc1ccccc1. The molecule has 36 heavy (non-hydrogen) atoms. The molecule has 0 aromatic heterocycles. The highest BCUT2D eigenvalue weighted by atomic mass is 35.7. The van der Waals surface area contributed by atoms with Crippen LogP contribution in [-0.4, -0.2) is 82.3 Å². The zero-order valence-electron chi connectivity index (χ0n) is 20.4. The molecule has 2 saturated heterocycles. The summed E-state index contributed by atoms with van der Waals surface area (Å²) in [5, 5.41) is 6.21. The molecule has 0 saturated carbocycles. The van der Waals surface area contributed by atoms with Gasteiger partial charge in [0.2, 0.25) is 11.8 Å². The van der Waals surface area contributed by atoms with Crippen LogP contribution >= 0.6 is 21.7 Å². The first-order valence-corrected chi connectivity index (χ1v) is 14.0. The summed E-state index contributed by atoms with van der Waals surface area (Å²) in [5.41, 5.74) is 2.20. The van der Waals surface area contributed by atoms with E-state index in [0.29, 0.717) is 25.3 Å². The van der Waals surface area contributed by atoms with E-state index < -0.39 is 12.2 Å². The van der Waals surface area contributed by atoms with E-state index in [0.717, 1.165) is 29.4 Å². The summed E-state index contributed by atoms with van der Waals surface area (Å²) in [7, 11) is 8.74. The zero-order valence-corrected chi connectivity index (χ0v) is 22.0. The zero-order chi connectivity index (χ0) is 25.5. The van der Waals surface area contributed by atoms with Gasteiger partial charge in [0.1, 0.15) is 12.2 Å². The second-order valence-corrected chi connectivity index (χ2v) is 10.4. The Morgan fingerprint density at radius 1 is 1.06 bits per heavy atom. The molecule has 10 heteroatoms. The van der Waals surface area contributed by atoms with Crippen molar-refractivity contribution < 1.29 is 14.4 Å². The minimum Gasteiger partial charge on any atom is -0.337 e. The number of piperazine rings is 1. The van der Waals surface area contributed by atoms with Crippen LogP contribution in [0.15, 0.2) is 60.7 Å². The number of amides is 4. The molecule has 4 rings (SSSR count). The Morgan fingerprint density at radius 3 is 2.39 bits per heavy atom. The molecule has 0 unspecified atom stereocenters. The number of carbonyl (C=O) groups is 3. The summed E-state index contributed by atoms with van der Waals surface area (Å²) >= 11 is 0. The van der Waals surface area contributed by atoms with E-state index in [9.17, 15) is 14.4 Å². The molecule has 4 amide bonds. The number of fused-ring (bicyclic) bond motifs is 1. The summed E-state index contributed by atoms with van der Waals surface area (Å²) < 4.78 is 0. The van der Waals surface area contributed by atoms with Crippen molar-refractivity contribution in [3.05, 3.63) is 71.8 Å². The highest BCUT2D eigenvalue weighted by molar-refractivity contribution is 8.21. The predicted octanol–water partition coefficient (Wildman–Crippen LogP) is 3.33. The normalized spacial score (nSPS) is 20.4. The monoisotopic (exact) mass is 529 g/mol. The van der Waals surface area contributed by atoms with Gasteiger partial charge in [0, 0.05) is 25.9 Å². The number of hydrazine groups is 1. The van der Waals surface area contributed by atoms with Crippen molar-refractivity contribution in [2.45, 2.75) is 38.0 Å². The second-order valence-electron chi connectivity index (χ2n) is 9.08. The predicted molar refractivity (Wildman–Crippen MR) is 142 cm³/mol. The molecule has 1 N–H and O–H groups in total. The van der Waals surface area contributed by atoms with Gasteiger partial charge in [-0.05, 0) is 41.1 Å². The fourth-order valence-electron chi connectivity index (χ4n) is 4.91. The number of urea groups is 1. The van der Waals surface area contributed by atoms with Gasteiger partial charge in [-0.25, -0.2) is 14.8 Å². The van der Waals surface area contributed by atoms with Crippen molar-refractivity contribution >= 4 is 39.5 Å². The van der Waals surface area contributed by atoms with Gasteiger partial charge < -0.3 is 15.1 Å². The van der Waals surface area contributed by atoms with Gasteiger partial charge in [0.15, 0.2) is 0 Å². The Hall–Kier alpha value is -2.75. The molecule has 0 bridgehead atoms. The van der Waals surface area contributed by atoms with Crippen LogP contribution < -0.4 is 5.32 Å². The standard InChI is InChI=1S/C26H32ClN5O3S/c1-29-19-24(33)31-22(14-16-36-27)25(34)30(15-8-13-20-9-4-2-5-10-20)18-23(31)32(29)26(35)28-17-21-11-6-3-7-12-21/h2-7,9-12,22-23H,8,13-19H2,1H3,(H,28,35)/t22-,23-/m0/s1. The van der Waals surface area contributed by atoms with Crippen molar-refractivity contribution in [1.29, 1.82) is 0 Å². The van der Waals surface area contributed by atoms with Gasteiger partial charge in [-0.1, -0.05) is 71.6 Å². The van der Waals surface area contributed by atoms with Gasteiger partial charge >= 0.3 is 6.03 Å². The number of likely N-dealkylation sites (N-methyl/N-ethyl adjacent to an activating group) is 1. The van der Waals surface area contributed by atoms with E-state index in [2.05, 4.69) is 17.4 Å². The summed E-state index contributed by atoms with van der Waals surface area (Å²) in [6, 6.07) is 18.9. The number of nitrogens with one attached hydrogen (secondary N) is 1. The number of carbonyl (C=O) groups excluding carboxylic acids is 3. The molecule has 0 aliphatic carbocycles. The summed E-state index contributed by atoms with van der Waals surface area (Å²) in [6.07, 6.45) is 1.50. The van der Waals surface area contributed by atoms with Gasteiger partial charge in [0.25, 0.3) is 0 Å². The lowest BCUT2D eigenvalue weighted by Crippen LogP contribution is -2.76. The fraction of sp³-hybridized carbons (Fsp3) is 0.423. The summed E-state index contributed by atoms with van der Waals surface area (Å²) in [5.74, 6) is 0.298. The first kappa shape index (κ1) is 26.3. The Kier molecular flexibility index (Phi) is 9.12. The van der Waals surface area contributed by atoms with Crippen LogP contribution in [0.25, 0.3) is 0 Å². The van der Waals surface area contributed by atoms with Crippen LogP contribution in [0.2, 0.25) is 0 Å². The molecule has 0 radical (unpaired) electrons. The smallest absolute Gasteiger partial charge is 0.334 e. The molecule has 2 aliphatic heterocycles. The maximum absolute atomic E-state index is 13.5. The third kappa shape index (κ3) is 6.14. The van der Waals surface area contributed by atoms with Crippen molar-refractivity contribution in [2.24, 2.45) is 0 Å². The quantitative estimate of drug-likeness (QED) is 0.539. The Bertz CT molecular complexity index is 1040. The molecule has 2 heterocycles. The molecule has 0 spiro atoms. The molecule has 2 fully saturated rings. The highest BCUT2D eigenvalue weighted by Gasteiger charge is 2.50. The van der Waals surface area contributed by atoms with E-state index in [1.807, 2.05) is 48.5 Å². The third-order valence-corrected chi connectivity index (χ3v) is 7.49. The molecular weight excluding hydrogens is 498 g/mol. The summed E-state index contributed by atoms with van der Waals surface area (Å²) in [4.78, 5) is 43.4. The number of benzene rings is 2. The highest BCUT2D eigenvalue weighted by Crippen LogP contribution is 2.28. The minimum atomic E-state index is -0.641. The number of nitrogens with zero attached hydrogens (tertiary/aromatic N) is 4. The van der Waals surface area contributed by atoms with Crippen LogP contribution in [0.4, 0.5) is 4.79 Å². The Morgan fingerprint density at radius 2 is 1.72 bits per heavy atom. The first-order valence-electron chi connectivity index (χ1n) is 12.2.